The number of nitrogens with zero attached hydrogens (tertiary/aromatic N) is 1. The van der Waals surface area contributed by atoms with E-state index in [4.69, 9.17) is 17.3 Å². The van der Waals surface area contributed by atoms with E-state index in [1.165, 1.54) is 0 Å². The van der Waals surface area contributed by atoms with Crippen molar-refractivity contribution in [1.29, 1.82) is 0 Å². The number of nitrogens with two attached hydrogens (primary N) is 1. The summed E-state index contributed by atoms with van der Waals surface area (Å²) in [5.41, 5.74) is 5.78. The zero-order chi connectivity index (χ0) is 10.4. The van der Waals surface area contributed by atoms with E-state index in [1.807, 2.05) is 12.1 Å². The molecule has 1 unspecified atom stereocenters. The first-order chi connectivity index (χ1) is 6.74. The average Bonchev–Trinajstić information content (AvgIpc) is 2.20. The van der Waals surface area contributed by atoms with Gasteiger partial charge in [0.2, 0.25) is 0 Å². The number of pyridine rings is 1. The molecule has 0 bridgehead atoms. The molecule has 3 N–H and O–H groups in total. The fourth-order valence-corrected chi connectivity index (χ4v) is 1.28. The molecular formula is C10H16ClN3. The lowest BCUT2D eigenvalue weighted by Gasteiger charge is -2.10. The average molecular weight is 214 g/mol. The van der Waals surface area contributed by atoms with Gasteiger partial charge in [0.15, 0.2) is 0 Å². The zero-order valence-electron chi connectivity index (χ0n) is 8.33. The Balaban J connectivity index is 2.35. The second-order valence-electron chi connectivity index (χ2n) is 3.22. The lowest BCUT2D eigenvalue weighted by Crippen LogP contribution is -2.22. The Kier molecular flexibility index (Phi) is 4.70. The summed E-state index contributed by atoms with van der Waals surface area (Å²) in [4.78, 5) is 4.12. The Morgan fingerprint density at radius 2 is 2.43 bits per heavy atom. The van der Waals surface area contributed by atoms with Crippen molar-refractivity contribution < 1.29 is 0 Å². The maximum absolute atomic E-state index is 5.92. The van der Waals surface area contributed by atoms with Crippen molar-refractivity contribution in [2.75, 3.05) is 11.9 Å². The summed E-state index contributed by atoms with van der Waals surface area (Å²) in [6, 6.07) is 3.88. The van der Waals surface area contributed by atoms with Gasteiger partial charge >= 0.3 is 0 Å². The molecule has 0 amide bonds. The first-order valence-corrected chi connectivity index (χ1v) is 5.21. The highest BCUT2D eigenvalue weighted by molar-refractivity contribution is 6.32. The molecule has 1 aromatic heterocycles. The molecule has 0 saturated heterocycles. The summed E-state index contributed by atoms with van der Waals surface area (Å²) in [7, 11) is 0. The molecule has 78 valence electrons. The molecule has 0 aromatic carbocycles. The van der Waals surface area contributed by atoms with Gasteiger partial charge in [0.1, 0.15) is 5.82 Å². The van der Waals surface area contributed by atoms with Crippen molar-refractivity contribution in [1.82, 2.24) is 4.98 Å². The Morgan fingerprint density at radius 1 is 1.64 bits per heavy atom. The second kappa shape index (κ2) is 5.83. The first kappa shape index (κ1) is 11.3. The third-order valence-corrected chi connectivity index (χ3v) is 2.40. The van der Waals surface area contributed by atoms with E-state index in [1.54, 1.807) is 6.20 Å². The third kappa shape index (κ3) is 3.52. The van der Waals surface area contributed by atoms with Gasteiger partial charge in [-0.2, -0.15) is 0 Å². The molecule has 0 spiro atoms. The fourth-order valence-electron chi connectivity index (χ4n) is 1.10. The summed E-state index contributed by atoms with van der Waals surface area (Å²) in [6.45, 7) is 2.89. The number of hydrogen-bond acceptors (Lipinski definition) is 3. The molecule has 14 heavy (non-hydrogen) atoms. The molecule has 0 aliphatic carbocycles. The van der Waals surface area contributed by atoms with E-state index in [-0.39, 0.29) is 6.04 Å². The topological polar surface area (TPSA) is 50.9 Å². The Bertz CT molecular complexity index is 278. The number of anilines is 1. The van der Waals surface area contributed by atoms with E-state index in [9.17, 15) is 0 Å². The number of hydrogen-bond donors (Lipinski definition) is 2. The van der Waals surface area contributed by atoms with Gasteiger partial charge in [-0.05, 0) is 25.0 Å². The SMILES string of the molecule is CCC(N)CCNc1ncccc1Cl. The van der Waals surface area contributed by atoms with Crippen LogP contribution in [0.4, 0.5) is 5.82 Å². The lowest BCUT2D eigenvalue weighted by molar-refractivity contribution is 0.613. The maximum Gasteiger partial charge on any atom is 0.144 e. The van der Waals surface area contributed by atoms with Crippen LogP contribution >= 0.6 is 11.6 Å². The molecule has 0 aliphatic rings. The molecule has 1 heterocycles. The first-order valence-electron chi connectivity index (χ1n) is 4.84. The van der Waals surface area contributed by atoms with Gasteiger partial charge in [-0.3, -0.25) is 0 Å². The standard InChI is InChI=1S/C10H16ClN3/c1-2-8(12)5-7-14-10-9(11)4-3-6-13-10/h3-4,6,8H,2,5,7,12H2,1H3,(H,13,14). The number of halogens is 1. The Hall–Kier alpha value is -0.800. The smallest absolute Gasteiger partial charge is 0.144 e. The summed E-state index contributed by atoms with van der Waals surface area (Å²) in [6.07, 6.45) is 3.65. The van der Waals surface area contributed by atoms with Crippen LogP contribution in [0.2, 0.25) is 5.02 Å². The van der Waals surface area contributed by atoms with Crippen molar-refractivity contribution >= 4 is 17.4 Å². The molecule has 0 radical (unpaired) electrons. The predicted molar refractivity (Wildman–Crippen MR) is 60.6 cm³/mol. The molecule has 1 rings (SSSR count). The van der Waals surface area contributed by atoms with E-state index in [0.717, 1.165) is 25.2 Å². The van der Waals surface area contributed by atoms with Gasteiger partial charge in [-0.1, -0.05) is 18.5 Å². The van der Waals surface area contributed by atoms with Crippen molar-refractivity contribution in [3.05, 3.63) is 23.4 Å². The highest BCUT2D eigenvalue weighted by atomic mass is 35.5. The highest BCUT2D eigenvalue weighted by Gasteiger charge is 2.01. The largest absolute Gasteiger partial charge is 0.369 e. The monoisotopic (exact) mass is 213 g/mol. The minimum atomic E-state index is 0.255. The molecule has 1 atom stereocenters. The predicted octanol–water partition coefficient (Wildman–Crippen LogP) is 2.27. The zero-order valence-corrected chi connectivity index (χ0v) is 9.09. The molecule has 4 heteroatoms. The van der Waals surface area contributed by atoms with Crippen LogP contribution in [-0.4, -0.2) is 17.6 Å². The van der Waals surface area contributed by atoms with E-state index in [0.29, 0.717) is 5.02 Å². The normalized spacial score (nSPS) is 12.5. The van der Waals surface area contributed by atoms with Crippen molar-refractivity contribution in [2.24, 2.45) is 5.73 Å². The summed E-state index contributed by atoms with van der Waals surface area (Å²) >= 11 is 5.92. The molecule has 1 aromatic rings. The summed E-state index contributed by atoms with van der Waals surface area (Å²) < 4.78 is 0. The molecule has 0 aliphatic heterocycles. The summed E-state index contributed by atoms with van der Waals surface area (Å²) in [5, 5.41) is 3.81. The van der Waals surface area contributed by atoms with Gasteiger partial charge in [-0.25, -0.2) is 4.98 Å². The van der Waals surface area contributed by atoms with E-state index in [2.05, 4.69) is 17.2 Å². The van der Waals surface area contributed by atoms with Crippen LogP contribution in [0.15, 0.2) is 18.3 Å². The van der Waals surface area contributed by atoms with Gasteiger partial charge in [0.25, 0.3) is 0 Å². The third-order valence-electron chi connectivity index (χ3n) is 2.09. The van der Waals surface area contributed by atoms with Gasteiger partial charge in [0, 0.05) is 18.8 Å². The number of rotatable bonds is 5. The van der Waals surface area contributed by atoms with Crippen LogP contribution < -0.4 is 11.1 Å². The van der Waals surface area contributed by atoms with Crippen LogP contribution in [0, 0.1) is 0 Å². The summed E-state index contributed by atoms with van der Waals surface area (Å²) in [5.74, 6) is 0.734. The quantitative estimate of drug-likeness (QED) is 0.789. The van der Waals surface area contributed by atoms with Crippen LogP contribution in [0.25, 0.3) is 0 Å². The molecule has 0 saturated carbocycles. The van der Waals surface area contributed by atoms with Gasteiger partial charge in [0.05, 0.1) is 5.02 Å². The van der Waals surface area contributed by atoms with Crippen molar-refractivity contribution in [3.63, 3.8) is 0 Å². The van der Waals surface area contributed by atoms with E-state index < -0.39 is 0 Å². The Morgan fingerprint density at radius 3 is 3.07 bits per heavy atom. The van der Waals surface area contributed by atoms with Crippen molar-refractivity contribution in [2.45, 2.75) is 25.8 Å². The second-order valence-corrected chi connectivity index (χ2v) is 3.62. The van der Waals surface area contributed by atoms with Crippen LogP contribution in [0.3, 0.4) is 0 Å². The fraction of sp³-hybridized carbons (Fsp3) is 0.500. The minimum Gasteiger partial charge on any atom is -0.369 e. The lowest BCUT2D eigenvalue weighted by atomic mass is 10.2. The van der Waals surface area contributed by atoms with Gasteiger partial charge in [-0.15, -0.1) is 0 Å². The van der Waals surface area contributed by atoms with E-state index >= 15 is 0 Å². The highest BCUT2D eigenvalue weighted by Crippen LogP contribution is 2.17. The van der Waals surface area contributed by atoms with Crippen molar-refractivity contribution in [3.8, 4) is 0 Å². The maximum atomic E-state index is 5.92. The minimum absolute atomic E-state index is 0.255. The van der Waals surface area contributed by atoms with Gasteiger partial charge < -0.3 is 11.1 Å². The number of nitrogens with one attached hydrogen (secondary N) is 1. The number of aromatic nitrogens is 1. The molecular weight excluding hydrogens is 198 g/mol. The molecule has 0 fully saturated rings. The van der Waals surface area contributed by atoms with Crippen LogP contribution in [0.1, 0.15) is 19.8 Å². The van der Waals surface area contributed by atoms with Crippen LogP contribution in [0.5, 0.6) is 0 Å². The Labute approximate surface area is 89.7 Å². The van der Waals surface area contributed by atoms with Crippen LogP contribution in [-0.2, 0) is 0 Å². The molecule has 3 nitrogen and oxygen atoms in total.